The van der Waals surface area contributed by atoms with Crippen LogP contribution in [0.25, 0.3) is 0 Å². The highest BCUT2D eigenvalue weighted by molar-refractivity contribution is 6.49. The summed E-state index contributed by atoms with van der Waals surface area (Å²) in [5.41, 5.74) is 0. The van der Waals surface area contributed by atoms with Crippen LogP contribution in [0.1, 0.15) is 0 Å². The maximum Gasteiger partial charge on any atom is 0.138 e. The van der Waals surface area contributed by atoms with Crippen LogP contribution >= 0.6 is 23.2 Å². The quantitative estimate of drug-likeness (QED) is 0.385. The maximum absolute atomic E-state index is 5.70. The molecule has 0 aliphatic heterocycles. The summed E-state index contributed by atoms with van der Waals surface area (Å²) in [6, 6.07) is 0. The summed E-state index contributed by atoms with van der Waals surface area (Å²) >= 11 is 11.3. The Bertz CT molecular complexity index is 137. The molecular formula is C7H14Cl2O2Si. The summed E-state index contributed by atoms with van der Waals surface area (Å²) in [5, 5.41) is 1.18. The summed E-state index contributed by atoms with van der Waals surface area (Å²) in [5.74, 6) is 0.954. The van der Waals surface area contributed by atoms with Gasteiger partial charge in [-0.15, -0.1) is 23.2 Å². The third-order valence-electron chi connectivity index (χ3n) is 1.49. The van der Waals surface area contributed by atoms with Gasteiger partial charge >= 0.3 is 0 Å². The van der Waals surface area contributed by atoms with Crippen LogP contribution in [0.5, 0.6) is 0 Å². The van der Waals surface area contributed by atoms with Crippen LogP contribution in [0.15, 0.2) is 11.3 Å². The SMILES string of the molecule is COC(OC)[SiH2]C(=CCCl)CCl. The minimum absolute atomic E-state index is 0.0850. The Morgan fingerprint density at radius 1 is 1.42 bits per heavy atom. The van der Waals surface area contributed by atoms with Crippen molar-refractivity contribution in [1.82, 2.24) is 0 Å². The Morgan fingerprint density at radius 2 is 2.00 bits per heavy atom. The number of halogens is 2. The summed E-state index contributed by atoms with van der Waals surface area (Å²) in [7, 11) is 2.69. The second kappa shape index (κ2) is 8.07. The van der Waals surface area contributed by atoms with E-state index in [1.165, 1.54) is 5.20 Å². The molecule has 0 bridgehead atoms. The highest BCUT2D eigenvalue weighted by Crippen LogP contribution is 2.01. The number of alkyl halides is 2. The van der Waals surface area contributed by atoms with Crippen molar-refractivity contribution in [3.8, 4) is 0 Å². The number of rotatable bonds is 6. The first kappa shape index (κ1) is 12.5. The van der Waals surface area contributed by atoms with Gasteiger partial charge < -0.3 is 9.47 Å². The van der Waals surface area contributed by atoms with E-state index in [1.54, 1.807) is 14.2 Å². The zero-order valence-corrected chi connectivity index (χ0v) is 10.3. The molecule has 5 heteroatoms. The molecule has 0 saturated heterocycles. The number of ether oxygens (including phenoxy) is 2. The Kier molecular flexibility index (Phi) is 8.38. The molecule has 0 aliphatic carbocycles. The first-order valence-electron chi connectivity index (χ1n) is 3.63. The van der Waals surface area contributed by atoms with Gasteiger partial charge in [-0.3, -0.25) is 0 Å². The monoisotopic (exact) mass is 228 g/mol. The van der Waals surface area contributed by atoms with Gasteiger partial charge in [0.05, 0.1) is 0 Å². The van der Waals surface area contributed by atoms with Crippen LogP contribution in [-0.2, 0) is 9.47 Å². The van der Waals surface area contributed by atoms with Gasteiger partial charge in [-0.1, -0.05) is 11.3 Å². The van der Waals surface area contributed by atoms with Gasteiger partial charge in [0.2, 0.25) is 0 Å². The second-order valence-electron chi connectivity index (χ2n) is 2.26. The zero-order valence-electron chi connectivity index (χ0n) is 7.35. The molecule has 0 fully saturated rings. The van der Waals surface area contributed by atoms with Gasteiger partial charge in [-0.25, -0.2) is 0 Å². The van der Waals surface area contributed by atoms with E-state index in [0.717, 1.165) is 0 Å². The van der Waals surface area contributed by atoms with Gasteiger partial charge in [-0.05, 0) is 0 Å². The van der Waals surface area contributed by atoms with Gasteiger partial charge in [0.25, 0.3) is 0 Å². The lowest BCUT2D eigenvalue weighted by molar-refractivity contribution is -0.0433. The molecule has 0 aromatic carbocycles. The Balaban J connectivity index is 3.91. The molecule has 2 nitrogen and oxygen atoms in total. The van der Waals surface area contributed by atoms with Crippen molar-refractivity contribution >= 4 is 32.7 Å². The van der Waals surface area contributed by atoms with Crippen molar-refractivity contribution in [2.24, 2.45) is 0 Å². The fourth-order valence-electron chi connectivity index (χ4n) is 0.779. The molecular weight excluding hydrogens is 215 g/mol. The molecule has 12 heavy (non-hydrogen) atoms. The van der Waals surface area contributed by atoms with Crippen molar-refractivity contribution in [3.63, 3.8) is 0 Å². The van der Waals surface area contributed by atoms with E-state index in [9.17, 15) is 0 Å². The first-order chi connectivity index (χ1) is 5.78. The zero-order chi connectivity index (χ0) is 9.40. The number of hydrogen-bond donors (Lipinski definition) is 0. The average molecular weight is 229 g/mol. The number of allylic oxidation sites excluding steroid dienone is 2. The summed E-state index contributed by atoms with van der Waals surface area (Å²) in [4.78, 5) is 0. The lowest BCUT2D eigenvalue weighted by Gasteiger charge is -2.13. The Morgan fingerprint density at radius 3 is 2.33 bits per heavy atom. The van der Waals surface area contributed by atoms with Crippen molar-refractivity contribution in [3.05, 3.63) is 11.3 Å². The van der Waals surface area contributed by atoms with Crippen LogP contribution in [0.3, 0.4) is 0 Å². The van der Waals surface area contributed by atoms with Crippen LogP contribution < -0.4 is 0 Å². The highest BCUT2D eigenvalue weighted by atomic mass is 35.5. The van der Waals surface area contributed by atoms with E-state index in [-0.39, 0.29) is 5.91 Å². The third-order valence-corrected chi connectivity index (χ3v) is 4.37. The van der Waals surface area contributed by atoms with Crippen molar-refractivity contribution in [2.45, 2.75) is 5.91 Å². The largest absolute Gasteiger partial charge is 0.360 e. The summed E-state index contributed by atoms with van der Waals surface area (Å²) in [6.07, 6.45) is 1.94. The number of methoxy groups -OCH3 is 2. The summed E-state index contributed by atoms with van der Waals surface area (Å²) < 4.78 is 10.2. The van der Waals surface area contributed by atoms with Crippen LogP contribution in [0.4, 0.5) is 0 Å². The van der Waals surface area contributed by atoms with Gasteiger partial charge in [0.15, 0.2) is 0 Å². The molecule has 0 atom stereocenters. The van der Waals surface area contributed by atoms with Crippen LogP contribution in [-0.4, -0.2) is 41.4 Å². The lowest BCUT2D eigenvalue weighted by atomic mass is 10.6. The maximum atomic E-state index is 5.70. The molecule has 0 aliphatic rings. The molecule has 0 radical (unpaired) electrons. The Hall–Kier alpha value is 0.457. The molecule has 0 heterocycles. The van der Waals surface area contributed by atoms with Crippen LogP contribution in [0.2, 0.25) is 0 Å². The minimum atomic E-state index is -0.571. The van der Waals surface area contributed by atoms with E-state index < -0.39 is 9.52 Å². The molecule has 0 N–H and O–H groups in total. The predicted molar refractivity (Wildman–Crippen MR) is 55.9 cm³/mol. The predicted octanol–water partition coefficient (Wildman–Crippen LogP) is 1.09. The summed E-state index contributed by atoms with van der Waals surface area (Å²) in [6.45, 7) is 0. The normalized spacial score (nSPS) is 13.6. The average Bonchev–Trinajstić information content (AvgIpc) is 2.12. The fraction of sp³-hybridized carbons (Fsp3) is 0.714. The number of hydrogen-bond acceptors (Lipinski definition) is 2. The molecule has 72 valence electrons. The minimum Gasteiger partial charge on any atom is -0.360 e. The molecule has 0 aromatic heterocycles. The molecule has 0 unspecified atom stereocenters. The van der Waals surface area contributed by atoms with Crippen molar-refractivity contribution in [1.29, 1.82) is 0 Å². The molecule has 0 amide bonds. The third kappa shape index (κ3) is 5.16. The molecule has 0 saturated carbocycles. The van der Waals surface area contributed by atoms with E-state index in [2.05, 4.69) is 0 Å². The van der Waals surface area contributed by atoms with Gasteiger partial charge in [0.1, 0.15) is 15.4 Å². The van der Waals surface area contributed by atoms with E-state index in [4.69, 9.17) is 32.7 Å². The van der Waals surface area contributed by atoms with Crippen molar-refractivity contribution in [2.75, 3.05) is 26.0 Å². The van der Waals surface area contributed by atoms with E-state index in [0.29, 0.717) is 11.8 Å². The lowest BCUT2D eigenvalue weighted by Crippen LogP contribution is -2.23. The van der Waals surface area contributed by atoms with E-state index >= 15 is 0 Å². The standard InChI is InChI=1S/C7H14Cl2O2Si/c1-10-7(11-2)12-6(5-9)3-4-8/h3,7H,4-5,12H2,1-2H3. The van der Waals surface area contributed by atoms with Gasteiger partial charge in [-0.2, -0.15) is 0 Å². The topological polar surface area (TPSA) is 18.5 Å². The van der Waals surface area contributed by atoms with Gasteiger partial charge in [0, 0.05) is 26.0 Å². The molecule has 0 rings (SSSR count). The van der Waals surface area contributed by atoms with E-state index in [1.807, 2.05) is 6.08 Å². The first-order valence-corrected chi connectivity index (χ1v) is 6.23. The fourth-order valence-corrected chi connectivity index (χ4v) is 2.80. The highest BCUT2D eigenvalue weighted by Gasteiger charge is 2.08. The smallest absolute Gasteiger partial charge is 0.138 e. The van der Waals surface area contributed by atoms with Crippen LogP contribution in [0, 0.1) is 0 Å². The molecule has 0 aromatic rings. The second-order valence-corrected chi connectivity index (χ2v) is 4.81. The molecule has 0 spiro atoms. The Labute approximate surface area is 85.6 Å². The van der Waals surface area contributed by atoms with Crippen molar-refractivity contribution < 1.29 is 9.47 Å².